The summed E-state index contributed by atoms with van der Waals surface area (Å²) in [6.45, 7) is -0.563. The second kappa shape index (κ2) is 9.42. The Labute approximate surface area is 143 Å². The lowest BCUT2D eigenvalue weighted by atomic mass is 10.1. The Morgan fingerprint density at radius 3 is 2.92 bits per heavy atom. The molecule has 2 heterocycles. The summed E-state index contributed by atoms with van der Waals surface area (Å²) in [7, 11) is 0. The predicted molar refractivity (Wildman–Crippen MR) is 81.8 cm³/mol. The Morgan fingerprint density at radius 2 is 2.24 bits per heavy atom. The van der Waals surface area contributed by atoms with E-state index in [1.54, 1.807) is 0 Å². The van der Waals surface area contributed by atoms with Crippen molar-refractivity contribution in [3.63, 3.8) is 0 Å². The maximum Gasteiger partial charge on any atom is 0.351 e. The maximum atomic E-state index is 12.0. The fraction of sp³-hybridized carbons (Fsp3) is 0.643. The van der Waals surface area contributed by atoms with Crippen molar-refractivity contribution >= 4 is 5.82 Å². The van der Waals surface area contributed by atoms with E-state index in [4.69, 9.17) is 29.9 Å². The van der Waals surface area contributed by atoms with Crippen LogP contribution in [0.25, 0.3) is 0 Å². The lowest BCUT2D eigenvalue weighted by molar-refractivity contribution is -0.175. The molecule has 1 aromatic heterocycles. The number of hydrogen-bond donors (Lipinski definition) is 3. The van der Waals surface area contributed by atoms with Crippen molar-refractivity contribution in [1.29, 1.82) is 5.26 Å². The van der Waals surface area contributed by atoms with Crippen molar-refractivity contribution in [2.45, 2.75) is 31.0 Å². The molecule has 0 saturated carbocycles. The van der Waals surface area contributed by atoms with Crippen molar-refractivity contribution in [3.05, 3.63) is 22.7 Å². The zero-order valence-corrected chi connectivity index (χ0v) is 13.4. The zero-order valence-electron chi connectivity index (χ0n) is 13.4. The van der Waals surface area contributed by atoms with Crippen LogP contribution < -0.4 is 11.4 Å². The third kappa shape index (κ3) is 4.95. The smallest absolute Gasteiger partial charge is 0.351 e. The topological polar surface area (TPSA) is 162 Å². The molecule has 0 bridgehead atoms. The Bertz CT molecular complexity index is 647. The van der Waals surface area contributed by atoms with Crippen LogP contribution in [0, 0.1) is 11.3 Å². The van der Waals surface area contributed by atoms with Crippen LogP contribution in [0.1, 0.15) is 12.6 Å². The van der Waals surface area contributed by atoms with Crippen molar-refractivity contribution in [3.8, 4) is 6.07 Å². The van der Waals surface area contributed by atoms with Gasteiger partial charge in [-0.25, -0.2) is 4.79 Å². The molecule has 4 N–H and O–H groups in total. The summed E-state index contributed by atoms with van der Waals surface area (Å²) in [5.41, 5.74) is 4.77. The molecule has 0 aromatic carbocycles. The third-order valence-electron chi connectivity index (χ3n) is 3.49. The lowest BCUT2D eigenvalue weighted by Crippen LogP contribution is -2.38. The SMILES string of the molecule is N#CCCOCOCO[C@@H]1[C@H](O)[C@@H](CO)O[C@H]1n1ccc(N)nc1=O. The van der Waals surface area contributed by atoms with Gasteiger partial charge in [-0.05, 0) is 6.07 Å². The largest absolute Gasteiger partial charge is 0.394 e. The van der Waals surface area contributed by atoms with Gasteiger partial charge in [-0.2, -0.15) is 10.2 Å². The van der Waals surface area contributed by atoms with Crippen LogP contribution in [0.3, 0.4) is 0 Å². The van der Waals surface area contributed by atoms with E-state index in [1.807, 2.05) is 6.07 Å². The molecule has 1 aliphatic heterocycles. The van der Waals surface area contributed by atoms with Gasteiger partial charge in [0.2, 0.25) is 0 Å². The molecule has 1 aliphatic rings. The molecule has 4 atom stereocenters. The Morgan fingerprint density at radius 1 is 1.44 bits per heavy atom. The number of aliphatic hydroxyl groups is 2. The second-order valence-electron chi connectivity index (χ2n) is 5.17. The van der Waals surface area contributed by atoms with E-state index in [1.165, 1.54) is 12.3 Å². The first kappa shape index (κ1) is 19.3. The molecule has 0 spiro atoms. The fourth-order valence-corrected chi connectivity index (χ4v) is 2.29. The van der Waals surface area contributed by atoms with Gasteiger partial charge in [0.05, 0.1) is 25.7 Å². The first-order valence-corrected chi connectivity index (χ1v) is 7.51. The van der Waals surface area contributed by atoms with E-state index in [0.29, 0.717) is 0 Å². The van der Waals surface area contributed by atoms with Gasteiger partial charge in [0.1, 0.15) is 37.7 Å². The molecule has 1 saturated heterocycles. The van der Waals surface area contributed by atoms with Crippen LogP contribution >= 0.6 is 0 Å². The van der Waals surface area contributed by atoms with Gasteiger partial charge in [-0.15, -0.1) is 0 Å². The average molecular weight is 356 g/mol. The normalized spacial score (nSPS) is 25.8. The van der Waals surface area contributed by atoms with E-state index >= 15 is 0 Å². The van der Waals surface area contributed by atoms with E-state index in [-0.39, 0.29) is 32.4 Å². The second-order valence-corrected chi connectivity index (χ2v) is 5.17. The highest BCUT2D eigenvalue weighted by Crippen LogP contribution is 2.30. The molecule has 11 nitrogen and oxygen atoms in total. The Hall–Kier alpha value is -2.07. The molecule has 2 rings (SSSR count). The molecule has 0 radical (unpaired) electrons. The molecule has 0 amide bonds. The van der Waals surface area contributed by atoms with Crippen molar-refractivity contribution < 1.29 is 29.2 Å². The summed E-state index contributed by atoms with van der Waals surface area (Å²) in [5.74, 6) is 0.0498. The summed E-state index contributed by atoms with van der Waals surface area (Å²) in [6.07, 6.45) is -2.47. The van der Waals surface area contributed by atoms with Crippen molar-refractivity contribution in [2.24, 2.45) is 0 Å². The number of nitrogens with zero attached hydrogens (tertiary/aromatic N) is 3. The zero-order chi connectivity index (χ0) is 18.2. The maximum absolute atomic E-state index is 12.0. The van der Waals surface area contributed by atoms with Crippen molar-refractivity contribution in [1.82, 2.24) is 9.55 Å². The van der Waals surface area contributed by atoms with Gasteiger partial charge in [0.25, 0.3) is 0 Å². The number of nitrogen functional groups attached to an aromatic ring is 1. The fourth-order valence-electron chi connectivity index (χ4n) is 2.29. The number of aliphatic hydroxyl groups excluding tert-OH is 2. The highest BCUT2D eigenvalue weighted by molar-refractivity contribution is 5.23. The van der Waals surface area contributed by atoms with Gasteiger partial charge < -0.3 is 34.9 Å². The minimum atomic E-state index is -1.18. The third-order valence-corrected chi connectivity index (χ3v) is 3.49. The number of hydrogen-bond acceptors (Lipinski definition) is 10. The van der Waals surface area contributed by atoms with E-state index < -0.39 is 36.8 Å². The van der Waals surface area contributed by atoms with Gasteiger partial charge >= 0.3 is 5.69 Å². The number of anilines is 1. The molecule has 1 fully saturated rings. The lowest BCUT2D eigenvalue weighted by Gasteiger charge is -2.22. The minimum absolute atomic E-state index is 0.0498. The number of ether oxygens (including phenoxy) is 4. The van der Waals surface area contributed by atoms with Crippen LogP contribution in [-0.4, -0.2) is 64.9 Å². The Balaban J connectivity index is 1.97. The molecule has 25 heavy (non-hydrogen) atoms. The minimum Gasteiger partial charge on any atom is -0.394 e. The molecular formula is C14H20N4O7. The highest BCUT2D eigenvalue weighted by atomic mass is 16.7. The highest BCUT2D eigenvalue weighted by Gasteiger charge is 2.45. The summed E-state index contributed by atoms with van der Waals surface area (Å²) >= 11 is 0. The molecule has 11 heteroatoms. The van der Waals surface area contributed by atoms with Crippen LogP contribution in [0.2, 0.25) is 0 Å². The Kier molecular flexibility index (Phi) is 7.26. The van der Waals surface area contributed by atoms with Crippen LogP contribution in [0.5, 0.6) is 0 Å². The summed E-state index contributed by atoms with van der Waals surface area (Å²) in [4.78, 5) is 15.6. The summed E-state index contributed by atoms with van der Waals surface area (Å²) in [5, 5.41) is 27.9. The van der Waals surface area contributed by atoms with Gasteiger partial charge in [-0.3, -0.25) is 4.57 Å². The number of rotatable bonds is 9. The van der Waals surface area contributed by atoms with Crippen molar-refractivity contribution in [2.75, 3.05) is 32.5 Å². The first-order chi connectivity index (χ1) is 12.1. The van der Waals surface area contributed by atoms with E-state index in [0.717, 1.165) is 4.57 Å². The number of aromatic nitrogens is 2. The summed E-state index contributed by atoms with van der Waals surface area (Å²) in [6, 6.07) is 3.32. The van der Waals surface area contributed by atoms with Crippen LogP contribution in [0.4, 0.5) is 5.82 Å². The van der Waals surface area contributed by atoms with Gasteiger partial charge in [-0.1, -0.05) is 0 Å². The molecular weight excluding hydrogens is 336 g/mol. The first-order valence-electron chi connectivity index (χ1n) is 7.51. The molecule has 0 aliphatic carbocycles. The van der Waals surface area contributed by atoms with Crippen LogP contribution in [-0.2, 0) is 18.9 Å². The standard InChI is InChI=1S/C14H20N4O7/c15-3-1-5-22-7-23-8-24-12-11(20)9(6-19)25-13(12)18-4-2-10(16)17-14(18)21/h2,4,9,11-13,19-20H,1,5-8H2,(H2,16,17,21)/t9-,11-,12-,13-/m1/s1. The van der Waals surface area contributed by atoms with Gasteiger partial charge in [0.15, 0.2) is 6.23 Å². The number of nitrogens with two attached hydrogens (primary N) is 1. The summed E-state index contributed by atoms with van der Waals surface area (Å²) < 4.78 is 22.1. The molecule has 0 unspecified atom stereocenters. The monoisotopic (exact) mass is 356 g/mol. The quantitative estimate of drug-likeness (QED) is 0.344. The van der Waals surface area contributed by atoms with E-state index in [9.17, 15) is 15.0 Å². The average Bonchev–Trinajstić information content (AvgIpc) is 2.90. The molecule has 1 aromatic rings. The number of nitriles is 1. The predicted octanol–water partition coefficient (Wildman–Crippen LogP) is -1.68. The molecule has 138 valence electrons. The van der Waals surface area contributed by atoms with E-state index in [2.05, 4.69) is 4.98 Å². The van der Waals surface area contributed by atoms with Crippen LogP contribution in [0.15, 0.2) is 17.1 Å². The van der Waals surface area contributed by atoms with Gasteiger partial charge in [0, 0.05) is 6.20 Å².